The fourth-order valence-electron chi connectivity index (χ4n) is 2.20. The molecule has 3 heterocycles. The molecule has 6 heteroatoms. The van der Waals surface area contributed by atoms with Gasteiger partial charge in [0.15, 0.2) is 0 Å². The van der Waals surface area contributed by atoms with Crippen molar-refractivity contribution in [1.29, 1.82) is 0 Å². The van der Waals surface area contributed by atoms with E-state index in [9.17, 15) is 0 Å². The van der Waals surface area contributed by atoms with Crippen molar-refractivity contribution in [2.45, 2.75) is 19.4 Å². The van der Waals surface area contributed by atoms with Crippen molar-refractivity contribution in [1.82, 2.24) is 31.2 Å². The van der Waals surface area contributed by atoms with E-state index in [-0.39, 0.29) is 6.04 Å². The monoisotopic (exact) mass is 268 g/mol. The lowest BCUT2D eigenvalue weighted by Gasteiger charge is -2.11. The zero-order valence-electron chi connectivity index (χ0n) is 11.2. The van der Waals surface area contributed by atoms with Gasteiger partial charge in [-0.15, -0.1) is 0 Å². The van der Waals surface area contributed by atoms with E-state index in [1.165, 1.54) is 11.1 Å². The second kappa shape index (κ2) is 5.66. The Morgan fingerprint density at radius 3 is 2.90 bits per heavy atom. The maximum atomic E-state index is 4.04. The minimum Gasteiger partial charge on any atom is -0.321 e. The van der Waals surface area contributed by atoms with Gasteiger partial charge in [0.25, 0.3) is 0 Å². The molecule has 2 aromatic rings. The Morgan fingerprint density at radius 1 is 1.30 bits per heavy atom. The van der Waals surface area contributed by atoms with Crippen LogP contribution in [0.2, 0.25) is 0 Å². The highest BCUT2D eigenvalue weighted by Gasteiger charge is 2.21. The molecule has 0 aliphatic carbocycles. The standard InChI is InChI=1S/C14H16N6/c1-10-13(4-2-3-12-9-16-20-17-12)18-19-14(10)11-5-7-15-8-6-11/h2,4-9,14,18-19H,3H2,1H3,(H,16,17,20)/b4-2-. The number of aromatic nitrogens is 4. The van der Waals surface area contributed by atoms with Gasteiger partial charge >= 0.3 is 0 Å². The van der Waals surface area contributed by atoms with Gasteiger partial charge in [0.1, 0.15) is 0 Å². The number of H-pyrrole nitrogens is 1. The average Bonchev–Trinajstić information content (AvgIpc) is 3.11. The number of hydrazine groups is 1. The van der Waals surface area contributed by atoms with Gasteiger partial charge in [0, 0.05) is 24.5 Å². The molecule has 0 amide bonds. The summed E-state index contributed by atoms with van der Waals surface area (Å²) in [7, 11) is 0. The molecule has 0 spiro atoms. The molecular weight excluding hydrogens is 252 g/mol. The first-order valence-corrected chi connectivity index (χ1v) is 6.48. The molecule has 0 saturated heterocycles. The Hall–Kier alpha value is -2.47. The first-order valence-electron chi connectivity index (χ1n) is 6.48. The molecule has 1 aliphatic rings. The predicted molar refractivity (Wildman–Crippen MR) is 75.2 cm³/mol. The van der Waals surface area contributed by atoms with Crippen molar-refractivity contribution in [3.8, 4) is 0 Å². The fourth-order valence-corrected chi connectivity index (χ4v) is 2.20. The lowest BCUT2D eigenvalue weighted by molar-refractivity contribution is 0.590. The molecule has 2 aromatic heterocycles. The third-order valence-corrected chi connectivity index (χ3v) is 3.32. The van der Waals surface area contributed by atoms with Crippen LogP contribution in [-0.2, 0) is 6.42 Å². The topological polar surface area (TPSA) is 78.5 Å². The number of hydrogen-bond donors (Lipinski definition) is 3. The van der Waals surface area contributed by atoms with Crippen LogP contribution in [0.5, 0.6) is 0 Å². The number of pyridine rings is 1. The first-order chi connectivity index (χ1) is 9.84. The minimum absolute atomic E-state index is 0.185. The van der Waals surface area contributed by atoms with E-state index in [1.54, 1.807) is 6.20 Å². The molecule has 3 N–H and O–H groups in total. The lowest BCUT2D eigenvalue weighted by atomic mass is 10.0. The van der Waals surface area contributed by atoms with Gasteiger partial charge in [-0.1, -0.05) is 6.08 Å². The van der Waals surface area contributed by atoms with E-state index < -0.39 is 0 Å². The molecule has 0 aromatic carbocycles. The molecule has 20 heavy (non-hydrogen) atoms. The van der Waals surface area contributed by atoms with Crippen LogP contribution in [0.3, 0.4) is 0 Å². The van der Waals surface area contributed by atoms with E-state index in [4.69, 9.17) is 0 Å². The van der Waals surface area contributed by atoms with Crippen molar-refractivity contribution in [2.75, 3.05) is 0 Å². The maximum Gasteiger partial charge on any atom is 0.0862 e. The number of nitrogens with one attached hydrogen (secondary N) is 3. The summed E-state index contributed by atoms with van der Waals surface area (Å²) < 4.78 is 0. The Balaban J connectivity index is 1.71. The number of allylic oxidation sites excluding steroid dienone is 2. The lowest BCUT2D eigenvalue weighted by Crippen LogP contribution is -2.26. The van der Waals surface area contributed by atoms with Gasteiger partial charge in [0.2, 0.25) is 0 Å². The summed E-state index contributed by atoms with van der Waals surface area (Å²) in [4.78, 5) is 4.04. The molecule has 102 valence electrons. The second-order valence-corrected chi connectivity index (χ2v) is 4.65. The van der Waals surface area contributed by atoms with Gasteiger partial charge in [-0.05, 0) is 36.3 Å². The predicted octanol–water partition coefficient (Wildman–Crippen LogP) is 1.42. The van der Waals surface area contributed by atoms with Crippen molar-refractivity contribution >= 4 is 0 Å². The molecule has 1 atom stereocenters. The molecule has 0 bridgehead atoms. The Labute approximate surface area is 117 Å². The quantitative estimate of drug-likeness (QED) is 0.781. The molecular formula is C14H16N6. The van der Waals surface area contributed by atoms with Crippen LogP contribution in [0.15, 0.2) is 54.1 Å². The molecule has 0 radical (unpaired) electrons. The van der Waals surface area contributed by atoms with Crippen LogP contribution >= 0.6 is 0 Å². The Bertz CT molecular complexity index is 614. The van der Waals surface area contributed by atoms with E-state index in [0.717, 1.165) is 17.8 Å². The van der Waals surface area contributed by atoms with Gasteiger partial charge in [-0.3, -0.25) is 4.98 Å². The van der Waals surface area contributed by atoms with E-state index in [2.05, 4.69) is 50.3 Å². The average molecular weight is 268 g/mol. The van der Waals surface area contributed by atoms with Crippen LogP contribution in [0.25, 0.3) is 0 Å². The summed E-state index contributed by atoms with van der Waals surface area (Å²) in [5, 5.41) is 10.4. The maximum absolute atomic E-state index is 4.04. The fraction of sp³-hybridized carbons (Fsp3) is 0.214. The summed E-state index contributed by atoms with van der Waals surface area (Å²) in [5.41, 5.74) is 11.0. The van der Waals surface area contributed by atoms with Gasteiger partial charge < -0.3 is 5.43 Å². The number of rotatable bonds is 4. The summed E-state index contributed by atoms with van der Waals surface area (Å²) in [5.74, 6) is 0. The first kappa shape index (κ1) is 12.6. The van der Waals surface area contributed by atoms with Crippen LogP contribution in [0.1, 0.15) is 24.2 Å². The van der Waals surface area contributed by atoms with E-state index in [1.807, 2.05) is 24.5 Å². The summed E-state index contributed by atoms with van der Waals surface area (Å²) >= 11 is 0. The van der Waals surface area contributed by atoms with Crippen LogP contribution in [-0.4, -0.2) is 20.4 Å². The Morgan fingerprint density at radius 2 is 2.15 bits per heavy atom. The van der Waals surface area contributed by atoms with Crippen molar-refractivity contribution in [3.63, 3.8) is 0 Å². The molecule has 6 nitrogen and oxygen atoms in total. The highest BCUT2D eigenvalue weighted by atomic mass is 15.4. The Kier molecular flexibility index (Phi) is 3.56. The SMILES string of the molecule is CC1=C(/C=C\Cc2cn[nH]n2)NNC1c1ccncc1. The normalized spacial score (nSPS) is 18.8. The van der Waals surface area contributed by atoms with Gasteiger partial charge in [-0.2, -0.15) is 15.4 Å². The smallest absolute Gasteiger partial charge is 0.0862 e. The zero-order valence-corrected chi connectivity index (χ0v) is 11.2. The third-order valence-electron chi connectivity index (χ3n) is 3.32. The van der Waals surface area contributed by atoms with Crippen molar-refractivity contribution in [2.24, 2.45) is 0 Å². The van der Waals surface area contributed by atoms with Crippen molar-refractivity contribution in [3.05, 3.63) is 65.4 Å². The second-order valence-electron chi connectivity index (χ2n) is 4.65. The van der Waals surface area contributed by atoms with E-state index in [0.29, 0.717) is 0 Å². The summed E-state index contributed by atoms with van der Waals surface area (Å²) in [6, 6.07) is 4.22. The van der Waals surface area contributed by atoms with Crippen molar-refractivity contribution < 1.29 is 0 Å². The number of hydrogen-bond acceptors (Lipinski definition) is 5. The van der Waals surface area contributed by atoms with Gasteiger partial charge in [0.05, 0.1) is 17.9 Å². The highest BCUT2D eigenvalue weighted by molar-refractivity contribution is 5.36. The molecule has 0 saturated carbocycles. The van der Waals surface area contributed by atoms with Crippen LogP contribution in [0.4, 0.5) is 0 Å². The van der Waals surface area contributed by atoms with Gasteiger partial charge in [-0.25, -0.2) is 5.43 Å². The minimum atomic E-state index is 0.185. The summed E-state index contributed by atoms with van der Waals surface area (Å²) in [6.07, 6.45) is 10.2. The van der Waals surface area contributed by atoms with Crippen LogP contribution < -0.4 is 10.9 Å². The molecule has 1 aliphatic heterocycles. The molecule has 3 rings (SSSR count). The zero-order chi connectivity index (χ0) is 13.8. The highest BCUT2D eigenvalue weighted by Crippen LogP contribution is 2.26. The largest absolute Gasteiger partial charge is 0.321 e. The number of nitrogens with zero attached hydrogens (tertiary/aromatic N) is 3. The molecule has 1 unspecified atom stereocenters. The number of aromatic amines is 1. The van der Waals surface area contributed by atoms with E-state index >= 15 is 0 Å². The molecule has 0 fully saturated rings. The summed E-state index contributed by atoms with van der Waals surface area (Å²) in [6.45, 7) is 2.12. The third kappa shape index (κ3) is 2.60. The van der Waals surface area contributed by atoms with Crippen LogP contribution in [0, 0.1) is 0 Å².